The molecule has 0 N–H and O–H groups in total. The van der Waals surface area contributed by atoms with Gasteiger partial charge in [-0.25, -0.2) is 14.6 Å². The van der Waals surface area contributed by atoms with Gasteiger partial charge in [0.25, 0.3) is 5.91 Å². The number of aromatic nitrogens is 5. The Kier molecular flexibility index (Phi) is 4.69. The number of carbonyl (C=O) groups is 1. The van der Waals surface area contributed by atoms with Crippen LogP contribution in [-0.4, -0.2) is 61.9 Å². The molecule has 0 radical (unpaired) electrons. The molecular weight excluding hydrogens is 378 g/mol. The summed E-state index contributed by atoms with van der Waals surface area (Å²) in [6, 6.07) is 11.9. The van der Waals surface area contributed by atoms with Gasteiger partial charge in [0.1, 0.15) is 11.6 Å². The minimum Gasteiger partial charge on any atom is -0.353 e. The number of para-hydroxylation sites is 1. The van der Waals surface area contributed by atoms with E-state index in [-0.39, 0.29) is 5.91 Å². The molecule has 3 heterocycles. The first-order chi connectivity index (χ1) is 14.6. The summed E-state index contributed by atoms with van der Waals surface area (Å²) in [5, 5.41) is 8.65. The molecular formula is C22H25N7O. The first-order valence-electron chi connectivity index (χ1n) is 10.5. The third-order valence-electron chi connectivity index (χ3n) is 5.72. The summed E-state index contributed by atoms with van der Waals surface area (Å²) < 4.78 is 1.84. The lowest BCUT2D eigenvalue weighted by Gasteiger charge is -2.35. The van der Waals surface area contributed by atoms with E-state index < -0.39 is 0 Å². The molecule has 154 valence electrons. The number of nitrogens with zero attached hydrogens (tertiary/aromatic N) is 7. The molecule has 8 nitrogen and oxygen atoms in total. The van der Waals surface area contributed by atoms with E-state index in [2.05, 4.69) is 25.2 Å². The second-order valence-corrected chi connectivity index (χ2v) is 8.04. The van der Waals surface area contributed by atoms with Crippen LogP contribution in [0.1, 0.15) is 46.5 Å². The van der Waals surface area contributed by atoms with Gasteiger partial charge in [-0.2, -0.15) is 0 Å². The zero-order valence-corrected chi connectivity index (χ0v) is 17.3. The maximum absolute atomic E-state index is 13.3. The largest absolute Gasteiger partial charge is 0.353 e. The Morgan fingerprint density at radius 2 is 1.73 bits per heavy atom. The highest BCUT2D eigenvalue weighted by atomic mass is 16.2. The predicted octanol–water partition coefficient (Wildman–Crippen LogP) is 2.51. The molecule has 3 aromatic rings. The van der Waals surface area contributed by atoms with Gasteiger partial charge in [-0.3, -0.25) is 4.79 Å². The average molecular weight is 403 g/mol. The zero-order chi connectivity index (χ0) is 20.7. The van der Waals surface area contributed by atoms with Gasteiger partial charge in [-0.05, 0) is 38.8 Å². The number of benzene rings is 1. The van der Waals surface area contributed by atoms with Crippen molar-refractivity contribution in [3.63, 3.8) is 0 Å². The van der Waals surface area contributed by atoms with Crippen LogP contribution in [-0.2, 0) is 0 Å². The standard InChI is InChI=1S/C22H25N7O/c1-15-14-19(24-16(2)23-15)27-10-12-28(13-11-27)22(30)20-21(17-8-9-17)29(26-25-20)18-6-4-3-5-7-18/h3-7,14,17H,8-13H2,1-2H3. The minimum atomic E-state index is -0.0196. The highest BCUT2D eigenvalue weighted by Gasteiger charge is 2.36. The molecule has 2 aliphatic rings. The number of anilines is 1. The smallest absolute Gasteiger partial charge is 0.276 e. The number of hydrogen-bond acceptors (Lipinski definition) is 6. The lowest BCUT2D eigenvalue weighted by molar-refractivity contribution is 0.0739. The average Bonchev–Trinajstić information content (AvgIpc) is 3.51. The van der Waals surface area contributed by atoms with Gasteiger partial charge in [-0.1, -0.05) is 23.4 Å². The molecule has 8 heteroatoms. The van der Waals surface area contributed by atoms with Crippen LogP contribution < -0.4 is 4.90 Å². The summed E-state index contributed by atoms with van der Waals surface area (Å²) in [6.45, 7) is 6.66. The lowest BCUT2D eigenvalue weighted by Crippen LogP contribution is -2.49. The number of rotatable bonds is 4. The predicted molar refractivity (Wildman–Crippen MR) is 113 cm³/mol. The topological polar surface area (TPSA) is 80.0 Å². The first kappa shape index (κ1) is 18.7. The van der Waals surface area contributed by atoms with Crippen LogP contribution in [0.2, 0.25) is 0 Å². The number of piperazine rings is 1. The van der Waals surface area contributed by atoms with E-state index in [0.717, 1.165) is 54.6 Å². The normalized spacial score (nSPS) is 16.7. The van der Waals surface area contributed by atoms with Gasteiger partial charge in [0.2, 0.25) is 0 Å². The highest BCUT2D eigenvalue weighted by molar-refractivity contribution is 5.94. The van der Waals surface area contributed by atoms with E-state index in [1.807, 2.05) is 59.8 Å². The number of amides is 1. The Labute approximate surface area is 175 Å². The van der Waals surface area contributed by atoms with Gasteiger partial charge < -0.3 is 9.80 Å². The van der Waals surface area contributed by atoms with Crippen molar-refractivity contribution in [1.82, 2.24) is 29.9 Å². The summed E-state index contributed by atoms with van der Waals surface area (Å²) in [4.78, 5) is 26.3. The molecule has 1 aliphatic carbocycles. The van der Waals surface area contributed by atoms with E-state index in [9.17, 15) is 4.79 Å². The third kappa shape index (κ3) is 3.53. The molecule has 2 fully saturated rings. The fraction of sp³-hybridized carbons (Fsp3) is 0.409. The number of carbonyl (C=O) groups excluding carboxylic acids is 1. The molecule has 2 aromatic heterocycles. The van der Waals surface area contributed by atoms with Gasteiger partial charge >= 0.3 is 0 Å². The van der Waals surface area contributed by atoms with E-state index in [1.54, 1.807) is 0 Å². The van der Waals surface area contributed by atoms with Crippen molar-refractivity contribution in [2.24, 2.45) is 0 Å². The second-order valence-electron chi connectivity index (χ2n) is 8.04. The SMILES string of the molecule is Cc1cc(N2CCN(C(=O)c3nnn(-c4ccccc4)c3C3CC3)CC2)nc(C)n1. The lowest BCUT2D eigenvalue weighted by atomic mass is 10.1. The monoisotopic (exact) mass is 403 g/mol. The van der Waals surface area contributed by atoms with Crippen LogP contribution in [0.25, 0.3) is 5.69 Å². The molecule has 0 unspecified atom stereocenters. The van der Waals surface area contributed by atoms with Crippen LogP contribution in [0.5, 0.6) is 0 Å². The molecule has 0 bridgehead atoms. The summed E-state index contributed by atoms with van der Waals surface area (Å²) in [7, 11) is 0. The van der Waals surface area contributed by atoms with Crippen molar-refractivity contribution in [3.05, 3.63) is 59.3 Å². The third-order valence-corrected chi connectivity index (χ3v) is 5.72. The maximum atomic E-state index is 13.3. The molecule has 1 aliphatic heterocycles. The molecule has 30 heavy (non-hydrogen) atoms. The Morgan fingerprint density at radius 1 is 1.00 bits per heavy atom. The van der Waals surface area contributed by atoms with Crippen molar-refractivity contribution < 1.29 is 4.79 Å². The van der Waals surface area contributed by atoms with Crippen molar-refractivity contribution >= 4 is 11.7 Å². The van der Waals surface area contributed by atoms with Gasteiger partial charge in [0.15, 0.2) is 5.69 Å². The molecule has 1 amide bonds. The van der Waals surface area contributed by atoms with Crippen molar-refractivity contribution in [2.75, 3.05) is 31.1 Å². The van der Waals surface area contributed by atoms with Crippen molar-refractivity contribution in [1.29, 1.82) is 0 Å². The van der Waals surface area contributed by atoms with Gasteiger partial charge in [0, 0.05) is 43.9 Å². The first-order valence-corrected chi connectivity index (χ1v) is 10.5. The molecule has 0 atom stereocenters. The molecule has 0 spiro atoms. The van der Waals surface area contributed by atoms with Crippen LogP contribution in [0.4, 0.5) is 5.82 Å². The van der Waals surface area contributed by atoms with Crippen molar-refractivity contribution in [3.8, 4) is 5.69 Å². The van der Waals surface area contributed by atoms with Crippen LogP contribution in [0.3, 0.4) is 0 Å². The van der Waals surface area contributed by atoms with Crippen LogP contribution >= 0.6 is 0 Å². The van der Waals surface area contributed by atoms with Gasteiger partial charge in [-0.15, -0.1) is 5.10 Å². The quantitative estimate of drug-likeness (QED) is 0.666. The summed E-state index contributed by atoms with van der Waals surface area (Å²) in [6.07, 6.45) is 2.17. The molecule has 1 saturated heterocycles. The van der Waals surface area contributed by atoms with E-state index in [1.165, 1.54) is 0 Å². The molecule has 1 saturated carbocycles. The number of hydrogen-bond donors (Lipinski definition) is 0. The second kappa shape index (κ2) is 7.51. The maximum Gasteiger partial charge on any atom is 0.276 e. The van der Waals surface area contributed by atoms with Crippen LogP contribution in [0, 0.1) is 13.8 Å². The van der Waals surface area contributed by atoms with Crippen molar-refractivity contribution in [2.45, 2.75) is 32.6 Å². The fourth-order valence-electron chi connectivity index (χ4n) is 4.07. The minimum absolute atomic E-state index is 0.0196. The van der Waals surface area contributed by atoms with E-state index >= 15 is 0 Å². The zero-order valence-electron chi connectivity index (χ0n) is 17.3. The Hall–Kier alpha value is -3.29. The van der Waals surface area contributed by atoms with Gasteiger partial charge in [0.05, 0.1) is 11.4 Å². The highest BCUT2D eigenvalue weighted by Crippen LogP contribution is 2.42. The Balaban J connectivity index is 1.34. The summed E-state index contributed by atoms with van der Waals surface area (Å²) >= 11 is 0. The Morgan fingerprint density at radius 3 is 2.40 bits per heavy atom. The van der Waals surface area contributed by atoms with E-state index in [4.69, 9.17) is 0 Å². The fourth-order valence-corrected chi connectivity index (χ4v) is 4.07. The van der Waals surface area contributed by atoms with E-state index in [0.29, 0.717) is 24.7 Å². The number of aryl methyl sites for hydroxylation is 2. The van der Waals surface area contributed by atoms with Crippen LogP contribution in [0.15, 0.2) is 36.4 Å². The summed E-state index contributed by atoms with van der Waals surface area (Å²) in [5.41, 5.74) is 3.37. The molecule has 1 aromatic carbocycles. The molecule has 5 rings (SSSR count). The summed E-state index contributed by atoms with van der Waals surface area (Å²) in [5.74, 6) is 2.05. The Bertz CT molecular complexity index is 1050.